The number of amides is 2. The molecule has 2 aromatic carbocycles. The monoisotopic (exact) mass is 465 g/mol. The first kappa shape index (κ1) is 24.8. The molecule has 0 radical (unpaired) electrons. The number of nitrogens with one attached hydrogen (secondary N) is 3. The van der Waals surface area contributed by atoms with E-state index in [1.807, 2.05) is 60.8 Å². The summed E-state index contributed by atoms with van der Waals surface area (Å²) >= 11 is 0. The first-order valence-electron chi connectivity index (χ1n) is 11.2. The van der Waals surface area contributed by atoms with Crippen molar-refractivity contribution in [3.63, 3.8) is 0 Å². The van der Waals surface area contributed by atoms with E-state index in [1.165, 1.54) is 6.92 Å². The van der Waals surface area contributed by atoms with Crippen molar-refractivity contribution < 1.29 is 23.9 Å². The number of urea groups is 1. The van der Waals surface area contributed by atoms with Crippen LogP contribution in [0.5, 0.6) is 0 Å². The van der Waals surface area contributed by atoms with Gasteiger partial charge in [0.2, 0.25) is 0 Å². The van der Waals surface area contributed by atoms with Gasteiger partial charge in [0.1, 0.15) is 24.3 Å². The van der Waals surface area contributed by atoms with Crippen LogP contribution in [0.4, 0.5) is 4.79 Å². The maximum absolute atomic E-state index is 12.9. The maximum atomic E-state index is 12.9. The molecule has 180 valence electrons. The molecule has 3 N–H and O–H groups in total. The summed E-state index contributed by atoms with van der Waals surface area (Å²) in [5.41, 5.74) is 1.92. The second-order valence-electron chi connectivity index (χ2n) is 9.08. The number of hydrogen-bond acceptors (Lipinski definition) is 5. The number of hydrogen-bond donors (Lipinski definition) is 3. The Kier molecular flexibility index (Phi) is 7.94. The van der Waals surface area contributed by atoms with Gasteiger partial charge in [0.25, 0.3) is 0 Å². The molecule has 8 nitrogen and oxygen atoms in total. The molecule has 0 aliphatic rings. The summed E-state index contributed by atoms with van der Waals surface area (Å²) in [6.07, 6.45) is 2.03. The normalized spacial score (nSPS) is 13.1. The van der Waals surface area contributed by atoms with Crippen LogP contribution in [0.2, 0.25) is 0 Å². The lowest BCUT2D eigenvalue weighted by molar-refractivity contribution is -0.157. The summed E-state index contributed by atoms with van der Waals surface area (Å²) in [6, 6.07) is 14.4. The second kappa shape index (κ2) is 10.9. The number of H-pyrrole nitrogens is 1. The lowest BCUT2D eigenvalue weighted by atomic mass is 10.0. The Labute approximate surface area is 199 Å². The average Bonchev–Trinajstić information content (AvgIpc) is 3.19. The van der Waals surface area contributed by atoms with E-state index in [9.17, 15) is 14.4 Å². The zero-order chi connectivity index (χ0) is 24.7. The highest BCUT2D eigenvalue weighted by atomic mass is 16.6. The van der Waals surface area contributed by atoms with E-state index < -0.39 is 35.7 Å². The third-order valence-corrected chi connectivity index (χ3v) is 5.02. The first-order chi connectivity index (χ1) is 16.1. The highest BCUT2D eigenvalue weighted by Crippen LogP contribution is 2.20. The molecule has 8 heteroatoms. The lowest BCUT2D eigenvalue weighted by Gasteiger charge is -2.25. The molecule has 1 aromatic heterocycles. The fourth-order valence-corrected chi connectivity index (χ4v) is 3.40. The minimum Gasteiger partial charge on any atom is -0.459 e. The predicted octanol–water partition coefficient (Wildman–Crippen LogP) is 3.85. The van der Waals surface area contributed by atoms with Gasteiger partial charge >= 0.3 is 18.0 Å². The smallest absolute Gasteiger partial charge is 0.329 e. The van der Waals surface area contributed by atoms with Gasteiger partial charge in [-0.15, -0.1) is 0 Å². The molecule has 34 heavy (non-hydrogen) atoms. The van der Waals surface area contributed by atoms with Crippen molar-refractivity contribution in [2.24, 2.45) is 0 Å². The Bertz CT molecular complexity index is 1130. The number of para-hydroxylation sites is 1. The molecule has 0 saturated heterocycles. The number of carbonyl (C=O) groups excluding carboxylic acids is 3. The van der Waals surface area contributed by atoms with Crippen LogP contribution >= 0.6 is 0 Å². The van der Waals surface area contributed by atoms with Crippen LogP contribution in [-0.2, 0) is 32.1 Å². The summed E-state index contributed by atoms with van der Waals surface area (Å²) in [6.45, 7) is 6.92. The van der Waals surface area contributed by atoms with Crippen molar-refractivity contribution >= 4 is 28.9 Å². The summed E-state index contributed by atoms with van der Waals surface area (Å²) in [7, 11) is 0. The van der Waals surface area contributed by atoms with Crippen molar-refractivity contribution in [2.45, 2.75) is 58.4 Å². The Balaban J connectivity index is 1.64. The number of benzene rings is 2. The third-order valence-electron chi connectivity index (χ3n) is 5.02. The number of aromatic amines is 1. The van der Waals surface area contributed by atoms with Gasteiger partial charge < -0.3 is 25.1 Å². The summed E-state index contributed by atoms with van der Waals surface area (Å²) in [5.74, 6) is -1.14. The lowest BCUT2D eigenvalue weighted by Crippen LogP contribution is -2.52. The zero-order valence-corrected chi connectivity index (χ0v) is 19.9. The largest absolute Gasteiger partial charge is 0.459 e. The van der Waals surface area contributed by atoms with Gasteiger partial charge in [0.05, 0.1) is 0 Å². The van der Waals surface area contributed by atoms with E-state index in [2.05, 4.69) is 15.6 Å². The van der Waals surface area contributed by atoms with Crippen LogP contribution in [0.3, 0.4) is 0 Å². The number of aromatic nitrogens is 1. The third kappa shape index (κ3) is 7.10. The number of esters is 2. The predicted molar refractivity (Wildman–Crippen MR) is 129 cm³/mol. The molecule has 0 aliphatic heterocycles. The molecule has 2 amide bonds. The Morgan fingerprint density at radius 2 is 1.62 bits per heavy atom. The molecule has 2 atom stereocenters. The van der Waals surface area contributed by atoms with E-state index >= 15 is 0 Å². The maximum Gasteiger partial charge on any atom is 0.329 e. The van der Waals surface area contributed by atoms with Crippen molar-refractivity contribution in [1.29, 1.82) is 0 Å². The molecule has 1 heterocycles. The van der Waals surface area contributed by atoms with Gasteiger partial charge in [-0.05, 0) is 44.9 Å². The minimum atomic E-state index is -0.953. The highest BCUT2D eigenvalue weighted by Gasteiger charge is 2.29. The van der Waals surface area contributed by atoms with Gasteiger partial charge in [0.15, 0.2) is 0 Å². The summed E-state index contributed by atoms with van der Waals surface area (Å²) in [5, 5.41) is 6.15. The SMILES string of the molecule is C[C@H](NC(=O)NC(Cc1c[nH]c2ccccc12)C(=O)OC(C)(C)C)C(=O)OCc1ccccc1. The first-order valence-corrected chi connectivity index (χ1v) is 11.2. The van der Waals surface area contributed by atoms with Gasteiger partial charge in [0, 0.05) is 23.5 Å². The Morgan fingerprint density at radius 3 is 2.32 bits per heavy atom. The van der Waals surface area contributed by atoms with Crippen molar-refractivity contribution in [2.75, 3.05) is 0 Å². The van der Waals surface area contributed by atoms with Crippen molar-refractivity contribution in [1.82, 2.24) is 15.6 Å². The van der Waals surface area contributed by atoms with Gasteiger partial charge in [-0.3, -0.25) is 0 Å². The fourth-order valence-electron chi connectivity index (χ4n) is 3.40. The van der Waals surface area contributed by atoms with E-state index in [0.29, 0.717) is 0 Å². The van der Waals surface area contributed by atoms with Gasteiger partial charge in [-0.25, -0.2) is 14.4 Å². The molecular formula is C26H31N3O5. The molecule has 0 spiro atoms. The van der Waals surface area contributed by atoms with Gasteiger partial charge in [-0.2, -0.15) is 0 Å². The minimum absolute atomic E-state index is 0.106. The van der Waals surface area contributed by atoms with Crippen LogP contribution in [0.15, 0.2) is 60.8 Å². The molecule has 0 saturated carbocycles. The standard InChI is InChI=1S/C26H31N3O5/c1-17(23(30)33-16-18-10-6-5-7-11-18)28-25(32)29-22(24(31)34-26(2,3)4)14-19-15-27-21-13-9-8-12-20(19)21/h5-13,15,17,22,27H,14,16H2,1-4H3,(H2,28,29,32)/t17-,22?/m0/s1. The van der Waals surface area contributed by atoms with Crippen LogP contribution in [0, 0.1) is 0 Å². The fraction of sp³-hybridized carbons (Fsp3) is 0.346. The molecule has 1 unspecified atom stereocenters. The van der Waals surface area contributed by atoms with Crippen LogP contribution in [-0.4, -0.2) is 40.6 Å². The van der Waals surface area contributed by atoms with Crippen LogP contribution in [0.25, 0.3) is 10.9 Å². The van der Waals surface area contributed by atoms with E-state index in [1.54, 1.807) is 20.8 Å². The topological polar surface area (TPSA) is 110 Å². The highest BCUT2D eigenvalue weighted by molar-refractivity contribution is 5.88. The van der Waals surface area contributed by atoms with E-state index in [4.69, 9.17) is 9.47 Å². The zero-order valence-electron chi connectivity index (χ0n) is 19.9. The number of rotatable bonds is 8. The van der Waals surface area contributed by atoms with E-state index in [0.717, 1.165) is 22.0 Å². The molecule has 0 fully saturated rings. The molecule has 3 aromatic rings. The Hall–Kier alpha value is -3.81. The van der Waals surface area contributed by atoms with Crippen LogP contribution in [0.1, 0.15) is 38.8 Å². The number of ether oxygens (including phenoxy) is 2. The quantitative estimate of drug-likeness (QED) is 0.438. The van der Waals surface area contributed by atoms with Crippen molar-refractivity contribution in [3.05, 3.63) is 71.9 Å². The number of fused-ring (bicyclic) bond motifs is 1. The van der Waals surface area contributed by atoms with Crippen LogP contribution < -0.4 is 10.6 Å². The number of carbonyl (C=O) groups is 3. The summed E-state index contributed by atoms with van der Waals surface area (Å²) < 4.78 is 10.8. The molecule has 3 rings (SSSR count). The summed E-state index contributed by atoms with van der Waals surface area (Å²) in [4.78, 5) is 41.0. The second-order valence-corrected chi connectivity index (χ2v) is 9.08. The van der Waals surface area contributed by atoms with Crippen molar-refractivity contribution in [3.8, 4) is 0 Å². The average molecular weight is 466 g/mol. The molecule has 0 bridgehead atoms. The Morgan fingerprint density at radius 1 is 0.941 bits per heavy atom. The van der Waals surface area contributed by atoms with Gasteiger partial charge in [-0.1, -0.05) is 48.5 Å². The molecule has 0 aliphatic carbocycles. The molecular weight excluding hydrogens is 434 g/mol. The van der Waals surface area contributed by atoms with E-state index in [-0.39, 0.29) is 13.0 Å².